The van der Waals surface area contributed by atoms with Crippen molar-refractivity contribution in [2.75, 3.05) is 0 Å². The maximum atomic E-state index is 2.37. The first-order valence-electron chi connectivity index (χ1n) is 6.21. The zero-order valence-electron chi connectivity index (χ0n) is 10.5. The van der Waals surface area contributed by atoms with E-state index in [2.05, 4.69) is 65.2 Å². The quantitative estimate of drug-likeness (QED) is 0.446. The van der Waals surface area contributed by atoms with E-state index < -0.39 is 0 Å². The molecule has 19 heavy (non-hydrogen) atoms. The number of hydrogen-bond donors (Lipinski definition) is 0. The lowest BCUT2D eigenvalue weighted by Crippen LogP contribution is -2.18. The van der Waals surface area contributed by atoms with Crippen LogP contribution in [-0.2, 0) is 0 Å². The summed E-state index contributed by atoms with van der Waals surface area (Å²) in [7, 11) is 0. The van der Waals surface area contributed by atoms with Gasteiger partial charge in [-0.05, 0) is 25.1 Å². The van der Waals surface area contributed by atoms with E-state index in [9.17, 15) is 0 Å². The number of aryl methyl sites for hydroxylation is 1. The van der Waals surface area contributed by atoms with Gasteiger partial charge in [-0.25, -0.2) is 0 Å². The summed E-state index contributed by atoms with van der Waals surface area (Å²) >= 11 is 3.68. The fraction of sp³-hybridized carbons (Fsp3) is 0.0625. The summed E-state index contributed by atoms with van der Waals surface area (Å²) in [6, 6.07) is 17.4. The Balaban J connectivity index is 2.06. The van der Waals surface area contributed by atoms with Gasteiger partial charge in [-0.2, -0.15) is 0 Å². The predicted octanol–water partition coefficient (Wildman–Crippen LogP) is 4.68. The number of thiazole rings is 2. The molecule has 4 rings (SSSR count). The lowest BCUT2D eigenvalue weighted by molar-refractivity contribution is -0.460. The van der Waals surface area contributed by atoms with Gasteiger partial charge in [-0.1, -0.05) is 52.5 Å². The van der Waals surface area contributed by atoms with Crippen molar-refractivity contribution in [1.29, 1.82) is 0 Å². The summed E-state index contributed by atoms with van der Waals surface area (Å²) < 4.78 is 5.06. The third-order valence-corrected chi connectivity index (χ3v) is 5.53. The molecule has 0 bridgehead atoms. The van der Waals surface area contributed by atoms with Crippen LogP contribution in [0.15, 0.2) is 53.9 Å². The fourth-order valence-corrected chi connectivity index (χ4v) is 4.60. The Morgan fingerprint density at radius 1 is 0.947 bits per heavy atom. The van der Waals surface area contributed by atoms with E-state index in [1.54, 1.807) is 0 Å². The molecule has 0 atom stereocenters. The van der Waals surface area contributed by atoms with E-state index in [0.29, 0.717) is 0 Å². The Morgan fingerprint density at radius 2 is 1.74 bits per heavy atom. The van der Waals surface area contributed by atoms with Gasteiger partial charge in [0.1, 0.15) is 4.70 Å². The average molecular weight is 282 g/mol. The van der Waals surface area contributed by atoms with E-state index >= 15 is 0 Å². The third-order valence-electron chi connectivity index (χ3n) is 3.35. The van der Waals surface area contributed by atoms with E-state index in [0.717, 1.165) is 0 Å². The molecule has 0 saturated heterocycles. The largest absolute Gasteiger partial charge is 0.326 e. The van der Waals surface area contributed by atoms with Gasteiger partial charge in [0, 0.05) is 11.6 Å². The van der Waals surface area contributed by atoms with Crippen LogP contribution in [0.4, 0.5) is 0 Å². The average Bonchev–Trinajstić information content (AvgIpc) is 2.98. The number of hydrogen-bond acceptors (Lipinski definition) is 2. The highest BCUT2D eigenvalue weighted by molar-refractivity contribution is 7.38. The molecule has 4 aromatic rings. The standard InChI is InChI=1S/C16H12NS2/c1-11-6-8-12(9-7-11)14-10-18-16-17(14)13-4-2-3-5-15(13)19-16/h2-10H,1H3/q+1. The second-order valence-electron chi connectivity index (χ2n) is 4.66. The van der Waals surface area contributed by atoms with Crippen LogP contribution in [-0.4, -0.2) is 0 Å². The maximum Gasteiger partial charge on any atom is 0.326 e. The lowest BCUT2D eigenvalue weighted by Gasteiger charge is -1.95. The minimum Gasteiger partial charge on any atom is -0.133 e. The van der Waals surface area contributed by atoms with Crippen LogP contribution in [0.1, 0.15) is 5.56 Å². The SMILES string of the molecule is Cc1ccc(-c2csc3sc4ccccc4[n+]23)cc1. The van der Waals surface area contributed by atoms with E-state index in [-0.39, 0.29) is 0 Å². The normalized spacial score (nSPS) is 11.4. The Bertz CT molecular complexity index is 869. The van der Waals surface area contributed by atoms with Gasteiger partial charge in [0.15, 0.2) is 0 Å². The Morgan fingerprint density at radius 3 is 2.58 bits per heavy atom. The third kappa shape index (κ3) is 1.70. The molecule has 0 saturated carbocycles. The van der Waals surface area contributed by atoms with Crippen LogP contribution in [0.25, 0.3) is 25.6 Å². The van der Waals surface area contributed by atoms with Gasteiger partial charge in [0.25, 0.3) is 0 Å². The zero-order valence-corrected chi connectivity index (χ0v) is 12.1. The molecule has 0 amide bonds. The number of para-hydroxylation sites is 1. The minimum absolute atomic E-state index is 1.28. The summed E-state index contributed by atoms with van der Waals surface area (Å²) in [5.41, 5.74) is 5.18. The first-order chi connectivity index (χ1) is 9.33. The summed E-state index contributed by atoms with van der Waals surface area (Å²) in [5, 5.41) is 2.25. The van der Waals surface area contributed by atoms with Crippen LogP contribution in [0.3, 0.4) is 0 Å². The van der Waals surface area contributed by atoms with Gasteiger partial charge in [-0.3, -0.25) is 0 Å². The van der Waals surface area contributed by atoms with Crippen molar-refractivity contribution in [2.24, 2.45) is 0 Å². The number of nitrogens with zero attached hydrogens (tertiary/aromatic N) is 1. The smallest absolute Gasteiger partial charge is 0.133 e. The molecule has 0 aliphatic carbocycles. The van der Waals surface area contributed by atoms with Crippen molar-refractivity contribution in [1.82, 2.24) is 0 Å². The molecule has 2 aromatic carbocycles. The molecule has 0 radical (unpaired) electrons. The van der Waals surface area contributed by atoms with Crippen molar-refractivity contribution in [2.45, 2.75) is 6.92 Å². The molecule has 3 heteroatoms. The van der Waals surface area contributed by atoms with Gasteiger partial charge in [0.2, 0.25) is 11.2 Å². The van der Waals surface area contributed by atoms with E-state index in [1.807, 2.05) is 22.7 Å². The highest BCUT2D eigenvalue weighted by Crippen LogP contribution is 2.29. The number of rotatable bonds is 1. The fourth-order valence-electron chi connectivity index (χ4n) is 2.35. The van der Waals surface area contributed by atoms with E-state index in [1.165, 1.54) is 31.2 Å². The molecule has 92 valence electrons. The molecular weight excluding hydrogens is 270 g/mol. The topological polar surface area (TPSA) is 4.10 Å². The predicted molar refractivity (Wildman–Crippen MR) is 83.0 cm³/mol. The van der Waals surface area contributed by atoms with Gasteiger partial charge in [-0.15, -0.1) is 4.40 Å². The molecule has 0 spiro atoms. The maximum absolute atomic E-state index is 2.37. The Hall–Kier alpha value is -1.71. The van der Waals surface area contributed by atoms with Crippen LogP contribution in [0.2, 0.25) is 0 Å². The first kappa shape index (κ1) is 11.1. The second kappa shape index (κ2) is 4.15. The molecule has 0 fully saturated rings. The van der Waals surface area contributed by atoms with Crippen LogP contribution in [0.5, 0.6) is 0 Å². The van der Waals surface area contributed by atoms with Crippen molar-refractivity contribution in [3.63, 3.8) is 0 Å². The molecule has 2 heterocycles. The first-order valence-corrected chi connectivity index (χ1v) is 7.90. The lowest BCUT2D eigenvalue weighted by atomic mass is 10.1. The van der Waals surface area contributed by atoms with E-state index in [4.69, 9.17) is 0 Å². The van der Waals surface area contributed by atoms with Crippen molar-refractivity contribution in [3.8, 4) is 11.3 Å². The molecule has 0 aliphatic rings. The zero-order chi connectivity index (χ0) is 12.8. The minimum atomic E-state index is 1.28. The summed E-state index contributed by atoms with van der Waals surface area (Å²) in [5.74, 6) is 0. The van der Waals surface area contributed by atoms with Gasteiger partial charge in [0.05, 0.1) is 5.38 Å². The molecule has 0 unspecified atom stereocenters. The highest BCUT2D eigenvalue weighted by Gasteiger charge is 2.21. The van der Waals surface area contributed by atoms with Gasteiger partial charge < -0.3 is 0 Å². The number of fused-ring (bicyclic) bond motifs is 3. The molecular formula is C16H12NS2+. The molecule has 1 nitrogen and oxygen atoms in total. The molecule has 2 aromatic heterocycles. The van der Waals surface area contributed by atoms with Crippen molar-refractivity contribution >= 4 is 37.0 Å². The Labute approximate surface area is 119 Å². The summed E-state index contributed by atoms with van der Waals surface area (Å²) in [4.78, 5) is 0. The van der Waals surface area contributed by atoms with Crippen LogP contribution in [0, 0.1) is 6.92 Å². The highest BCUT2D eigenvalue weighted by atomic mass is 32.2. The molecule has 0 aliphatic heterocycles. The summed E-state index contributed by atoms with van der Waals surface area (Å²) in [6.45, 7) is 2.13. The van der Waals surface area contributed by atoms with Crippen LogP contribution < -0.4 is 4.40 Å². The summed E-state index contributed by atoms with van der Waals surface area (Å²) in [6.07, 6.45) is 0. The molecule has 0 N–H and O–H groups in total. The van der Waals surface area contributed by atoms with Crippen molar-refractivity contribution < 1.29 is 4.40 Å². The van der Waals surface area contributed by atoms with Crippen LogP contribution >= 0.6 is 22.7 Å². The monoisotopic (exact) mass is 282 g/mol. The van der Waals surface area contributed by atoms with Gasteiger partial charge >= 0.3 is 4.14 Å². The number of aromatic nitrogens is 1. The van der Waals surface area contributed by atoms with Crippen molar-refractivity contribution in [3.05, 3.63) is 59.5 Å². The second-order valence-corrected chi connectivity index (χ2v) is 6.81. The Kier molecular flexibility index (Phi) is 2.43. The number of benzene rings is 2.